The van der Waals surface area contributed by atoms with Gasteiger partial charge in [0.15, 0.2) is 10.9 Å². The van der Waals surface area contributed by atoms with Crippen molar-refractivity contribution in [2.75, 3.05) is 19.5 Å². The molecule has 6 nitrogen and oxygen atoms in total. The number of ketones is 1. The molecule has 2 heterocycles. The Bertz CT molecular complexity index is 1390. The minimum atomic E-state index is -0.140. The molecule has 0 unspecified atom stereocenters. The van der Waals surface area contributed by atoms with Gasteiger partial charge in [-0.2, -0.15) is 0 Å². The zero-order valence-corrected chi connectivity index (χ0v) is 20.1. The zero-order chi connectivity index (χ0) is 23.5. The van der Waals surface area contributed by atoms with Crippen LogP contribution in [0.5, 0.6) is 0 Å². The maximum Gasteiger partial charge on any atom is 0.266 e. The fourth-order valence-corrected chi connectivity index (χ4v) is 4.92. The van der Waals surface area contributed by atoms with Crippen molar-refractivity contribution in [2.45, 2.75) is 32.5 Å². The Morgan fingerprint density at radius 2 is 1.85 bits per heavy atom. The van der Waals surface area contributed by atoms with Crippen LogP contribution in [0.1, 0.15) is 27.3 Å². The van der Waals surface area contributed by atoms with Crippen molar-refractivity contribution in [2.24, 2.45) is 0 Å². The van der Waals surface area contributed by atoms with Crippen molar-refractivity contribution in [1.82, 2.24) is 14.1 Å². The number of nitrogens with zero attached hydrogens (tertiary/aromatic N) is 3. The molecule has 33 heavy (non-hydrogen) atoms. The van der Waals surface area contributed by atoms with Gasteiger partial charge >= 0.3 is 0 Å². The number of methoxy groups -OCH3 is 1. The number of hydrogen-bond donors (Lipinski definition) is 0. The molecule has 2 aromatic heterocycles. The molecule has 0 atom stereocenters. The lowest BCUT2D eigenvalue weighted by molar-refractivity contribution is 0.102. The number of benzene rings is 2. The number of para-hydroxylation sites is 1. The van der Waals surface area contributed by atoms with E-state index in [9.17, 15) is 9.59 Å². The summed E-state index contributed by atoms with van der Waals surface area (Å²) < 4.78 is 8.89. The number of fused-ring (bicyclic) bond motifs is 1. The second-order valence-electron chi connectivity index (χ2n) is 8.03. The van der Waals surface area contributed by atoms with Crippen molar-refractivity contribution in [1.29, 1.82) is 0 Å². The highest BCUT2D eigenvalue weighted by Crippen LogP contribution is 2.24. The fraction of sp³-hybridized carbons (Fsp3) is 0.269. The first-order valence-electron chi connectivity index (χ1n) is 10.8. The topological polar surface area (TPSA) is 66.1 Å². The Morgan fingerprint density at radius 1 is 1.06 bits per heavy atom. The average molecular weight is 462 g/mol. The SMILES string of the molecule is COCCn1c(C)cc(C(=O)CSc2nc3ccccc3c(=O)n2-c2cccc(C)c2)c1C. The van der Waals surface area contributed by atoms with E-state index in [1.54, 1.807) is 17.7 Å². The Labute approximate surface area is 197 Å². The van der Waals surface area contributed by atoms with Crippen molar-refractivity contribution in [3.8, 4) is 5.69 Å². The van der Waals surface area contributed by atoms with Crippen LogP contribution in [0.3, 0.4) is 0 Å². The van der Waals surface area contributed by atoms with E-state index in [1.807, 2.05) is 69.3 Å². The van der Waals surface area contributed by atoms with Crippen LogP contribution < -0.4 is 5.56 Å². The van der Waals surface area contributed by atoms with Crippen LogP contribution in [0.4, 0.5) is 0 Å². The van der Waals surface area contributed by atoms with Gasteiger partial charge in [-0.25, -0.2) is 4.98 Å². The molecule has 0 aliphatic rings. The molecule has 7 heteroatoms. The number of thioether (sulfide) groups is 1. The molecule has 170 valence electrons. The van der Waals surface area contributed by atoms with Crippen molar-refractivity contribution in [3.63, 3.8) is 0 Å². The van der Waals surface area contributed by atoms with Crippen LogP contribution in [-0.4, -0.2) is 39.4 Å². The number of ether oxygens (including phenoxy) is 1. The van der Waals surface area contributed by atoms with Crippen LogP contribution >= 0.6 is 11.8 Å². The molecule has 0 saturated heterocycles. The predicted octanol–water partition coefficient (Wildman–Crippen LogP) is 4.73. The van der Waals surface area contributed by atoms with Crippen molar-refractivity contribution >= 4 is 28.4 Å². The van der Waals surface area contributed by atoms with E-state index in [4.69, 9.17) is 9.72 Å². The number of Topliss-reactive ketones (excluding diaryl/α,β-unsaturated/α-hetero) is 1. The van der Waals surface area contributed by atoms with E-state index in [0.29, 0.717) is 34.8 Å². The highest BCUT2D eigenvalue weighted by Gasteiger charge is 2.19. The molecule has 0 radical (unpaired) electrons. The molecule has 0 fully saturated rings. The zero-order valence-electron chi connectivity index (χ0n) is 19.3. The molecular weight excluding hydrogens is 434 g/mol. The van der Waals surface area contributed by atoms with Gasteiger partial charge < -0.3 is 9.30 Å². The minimum absolute atomic E-state index is 0.00923. The molecule has 2 aromatic carbocycles. The summed E-state index contributed by atoms with van der Waals surface area (Å²) in [6.07, 6.45) is 0. The van der Waals surface area contributed by atoms with Crippen LogP contribution in [0, 0.1) is 20.8 Å². The lowest BCUT2D eigenvalue weighted by Gasteiger charge is -2.13. The Morgan fingerprint density at radius 3 is 2.61 bits per heavy atom. The second kappa shape index (κ2) is 9.77. The lowest BCUT2D eigenvalue weighted by Crippen LogP contribution is -2.22. The summed E-state index contributed by atoms with van der Waals surface area (Å²) in [5.74, 6) is 0.195. The summed E-state index contributed by atoms with van der Waals surface area (Å²) in [5.41, 5.74) is 4.92. The summed E-state index contributed by atoms with van der Waals surface area (Å²) in [5, 5.41) is 1.06. The maximum absolute atomic E-state index is 13.4. The molecule has 0 N–H and O–H groups in total. The quantitative estimate of drug-likeness (QED) is 0.216. The Kier molecular flexibility index (Phi) is 6.81. The molecule has 0 spiro atoms. The number of carbonyl (C=O) groups excluding carboxylic acids is 1. The van der Waals surface area contributed by atoms with Gasteiger partial charge in [-0.15, -0.1) is 0 Å². The third-order valence-corrected chi connectivity index (χ3v) is 6.67. The van der Waals surface area contributed by atoms with Gasteiger partial charge in [-0.05, 0) is 56.7 Å². The highest BCUT2D eigenvalue weighted by molar-refractivity contribution is 7.99. The van der Waals surface area contributed by atoms with Gasteiger partial charge in [0.1, 0.15) is 0 Å². The average Bonchev–Trinajstić information content (AvgIpc) is 3.09. The van der Waals surface area contributed by atoms with E-state index in [0.717, 1.165) is 22.6 Å². The first kappa shape index (κ1) is 23.0. The molecule has 0 amide bonds. The maximum atomic E-state index is 13.4. The summed E-state index contributed by atoms with van der Waals surface area (Å²) >= 11 is 1.29. The fourth-order valence-electron chi connectivity index (χ4n) is 4.02. The molecule has 4 aromatic rings. The van der Waals surface area contributed by atoms with E-state index in [1.165, 1.54) is 11.8 Å². The molecular formula is C26H27N3O3S. The minimum Gasteiger partial charge on any atom is -0.383 e. The first-order chi connectivity index (χ1) is 15.9. The van der Waals surface area contributed by atoms with Gasteiger partial charge in [-0.1, -0.05) is 36.0 Å². The van der Waals surface area contributed by atoms with Gasteiger partial charge in [0.25, 0.3) is 5.56 Å². The number of rotatable bonds is 8. The summed E-state index contributed by atoms with van der Waals surface area (Å²) in [4.78, 5) is 31.3. The third-order valence-electron chi connectivity index (χ3n) is 5.73. The molecule has 0 aliphatic carbocycles. The van der Waals surface area contributed by atoms with E-state index in [2.05, 4.69) is 4.57 Å². The Balaban J connectivity index is 1.70. The molecule has 4 rings (SSSR count). The highest BCUT2D eigenvalue weighted by atomic mass is 32.2. The second-order valence-corrected chi connectivity index (χ2v) is 8.97. The van der Waals surface area contributed by atoms with Gasteiger partial charge in [-0.3, -0.25) is 14.2 Å². The summed E-state index contributed by atoms with van der Waals surface area (Å²) in [6, 6.07) is 17.0. The lowest BCUT2D eigenvalue weighted by atomic mass is 10.2. The predicted molar refractivity (Wildman–Crippen MR) is 133 cm³/mol. The standard InChI is InChI=1S/C26H27N3O3S/c1-17-8-7-9-20(14-17)29-25(31)21-10-5-6-11-23(21)27-26(29)33-16-24(30)22-15-18(2)28(19(22)3)12-13-32-4/h5-11,14-15H,12-13,16H2,1-4H3. The molecule has 0 aliphatic heterocycles. The normalized spacial score (nSPS) is 11.3. The summed E-state index contributed by atoms with van der Waals surface area (Å²) in [6.45, 7) is 7.22. The van der Waals surface area contributed by atoms with E-state index in [-0.39, 0.29) is 17.1 Å². The monoisotopic (exact) mass is 461 g/mol. The first-order valence-corrected chi connectivity index (χ1v) is 11.8. The van der Waals surface area contributed by atoms with Crippen LogP contribution in [0.25, 0.3) is 16.6 Å². The number of aryl methyl sites for hydroxylation is 2. The van der Waals surface area contributed by atoms with Gasteiger partial charge in [0, 0.05) is 30.6 Å². The number of hydrogen-bond acceptors (Lipinski definition) is 5. The molecule has 0 bridgehead atoms. The van der Waals surface area contributed by atoms with E-state index < -0.39 is 0 Å². The molecule has 0 saturated carbocycles. The van der Waals surface area contributed by atoms with Crippen molar-refractivity contribution in [3.05, 3.63) is 87.5 Å². The van der Waals surface area contributed by atoms with Crippen LogP contribution in [-0.2, 0) is 11.3 Å². The largest absolute Gasteiger partial charge is 0.383 e. The van der Waals surface area contributed by atoms with Gasteiger partial charge in [0.2, 0.25) is 0 Å². The number of carbonyl (C=O) groups is 1. The van der Waals surface area contributed by atoms with Crippen LogP contribution in [0.15, 0.2) is 64.5 Å². The van der Waals surface area contributed by atoms with E-state index >= 15 is 0 Å². The summed E-state index contributed by atoms with van der Waals surface area (Å²) in [7, 11) is 1.67. The smallest absolute Gasteiger partial charge is 0.266 e. The number of aromatic nitrogens is 3. The van der Waals surface area contributed by atoms with Crippen molar-refractivity contribution < 1.29 is 9.53 Å². The Hall–Kier alpha value is -3.16. The van der Waals surface area contributed by atoms with Gasteiger partial charge in [0.05, 0.1) is 29.0 Å². The van der Waals surface area contributed by atoms with Crippen LogP contribution in [0.2, 0.25) is 0 Å². The third kappa shape index (κ3) is 4.65.